The van der Waals surface area contributed by atoms with Crippen molar-refractivity contribution in [3.63, 3.8) is 0 Å². The summed E-state index contributed by atoms with van der Waals surface area (Å²) in [5, 5.41) is 0. The topological polar surface area (TPSA) is 36.9 Å². The van der Waals surface area contributed by atoms with Crippen LogP contribution in [-0.4, -0.2) is 26.4 Å². The first-order chi connectivity index (χ1) is 14.7. The van der Waals surface area contributed by atoms with Gasteiger partial charge in [-0.3, -0.25) is 0 Å². The van der Waals surface area contributed by atoms with E-state index in [0.717, 1.165) is 23.0 Å². The standard InChI is InChI=1S/C24H30O4S2/c1-15-20-22(27-13-11-25-20)19(29-15)10-9-17-5-3-7-18(8-4-6-17)24-23-21(16(2)30-24)26-12-14-28-23/h9-10,17-18H,3-8,11-14H2,1-2H3/b10-9+. The van der Waals surface area contributed by atoms with Gasteiger partial charge in [-0.25, -0.2) is 0 Å². The van der Waals surface area contributed by atoms with Crippen molar-refractivity contribution in [2.75, 3.05) is 26.4 Å². The number of rotatable bonds is 3. The maximum absolute atomic E-state index is 6.01. The largest absolute Gasteiger partial charge is 0.485 e. The summed E-state index contributed by atoms with van der Waals surface area (Å²) in [5.74, 6) is 5.21. The molecule has 2 aliphatic heterocycles. The first kappa shape index (κ1) is 20.3. The average molecular weight is 447 g/mol. The van der Waals surface area contributed by atoms with Crippen LogP contribution in [0.25, 0.3) is 6.08 Å². The summed E-state index contributed by atoms with van der Waals surface area (Å²) >= 11 is 3.67. The van der Waals surface area contributed by atoms with Crippen LogP contribution in [0, 0.1) is 19.8 Å². The Kier molecular flexibility index (Phi) is 5.96. The summed E-state index contributed by atoms with van der Waals surface area (Å²) in [6.45, 7) is 6.93. The smallest absolute Gasteiger partial charge is 0.179 e. The van der Waals surface area contributed by atoms with Crippen molar-refractivity contribution < 1.29 is 18.9 Å². The highest BCUT2D eigenvalue weighted by molar-refractivity contribution is 7.13. The summed E-state index contributed by atoms with van der Waals surface area (Å²) < 4.78 is 23.6. The lowest BCUT2D eigenvalue weighted by molar-refractivity contribution is 0.170. The molecule has 0 atom stereocenters. The molecule has 0 saturated heterocycles. The second kappa shape index (κ2) is 8.83. The molecule has 2 aromatic heterocycles. The highest BCUT2D eigenvalue weighted by Gasteiger charge is 2.28. The molecule has 0 aromatic carbocycles. The molecule has 1 saturated carbocycles. The third-order valence-corrected chi connectivity index (χ3v) is 8.59. The van der Waals surface area contributed by atoms with E-state index in [4.69, 9.17) is 18.9 Å². The predicted octanol–water partition coefficient (Wildman–Crippen LogP) is 6.74. The van der Waals surface area contributed by atoms with E-state index in [2.05, 4.69) is 26.0 Å². The molecule has 1 aliphatic carbocycles. The zero-order valence-corrected chi connectivity index (χ0v) is 19.5. The third-order valence-electron chi connectivity index (χ3n) is 6.32. The second-order valence-electron chi connectivity index (χ2n) is 8.43. The van der Waals surface area contributed by atoms with Crippen molar-refractivity contribution in [1.82, 2.24) is 0 Å². The maximum atomic E-state index is 6.01. The van der Waals surface area contributed by atoms with Crippen LogP contribution in [0.1, 0.15) is 64.0 Å². The van der Waals surface area contributed by atoms with Gasteiger partial charge in [-0.05, 0) is 57.4 Å². The molecule has 0 radical (unpaired) electrons. The summed E-state index contributed by atoms with van der Waals surface area (Å²) in [5.41, 5.74) is 0. The summed E-state index contributed by atoms with van der Waals surface area (Å²) in [4.78, 5) is 5.11. The Morgan fingerprint density at radius 3 is 1.97 bits per heavy atom. The summed E-state index contributed by atoms with van der Waals surface area (Å²) in [6, 6.07) is 0. The van der Waals surface area contributed by atoms with Crippen LogP contribution in [0.3, 0.4) is 0 Å². The van der Waals surface area contributed by atoms with Gasteiger partial charge in [0.05, 0.1) is 9.75 Å². The zero-order valence-electron chi connectivity index (χ0n) is 17.8. The van der Waals surface area contributed by atoms with Gasteiger partial charge in [0.1, 0.15) is 26.4 Å². The van der Waals surface area contributed by atoms with E-state index < -0.39 is 0 Å². The van der Waals surface area contributed by atoms with E-state index in [0.29, 0.717) is 38.3 Å². The first-order valence-electron chi connectivity index (χ1n) is 11.2. The van der Waals surface area contributed by atoms with Crippen LogP contribution in [0.4, 0.5) is 0 Å². The lowest BCUT2D eigenvalue weighted by atomic mass is 9.84. The number of aryl methyl sites for hydroxylation is 2. The fourth-order valence-corrected chi connectivity index (χ4v) is 7.03. The minimum absolute atomic E-state index is 0.613. The van der Waals surface area contributed by atoms with Crippen molar-refractivity contribution in [2.45, 2.75) is 58.3 Å². The predicted molar refractivity (Wildman–Crippen MR) is 123 cm³/mol. The molecule has 4 nitrogen and oxygen atoms in total. The average Bonchev–Trinajstić information content (AvgIpc) is 3.25. The molecule has 162 valence electrons. The van der Waals surface area contributed by atoms with E-state index in [1.807, 2.05) is 11.3 Å². The highest BCUT2D eigenvalue weighted by atomic mass is 32.1. The fraction of sp³-hybridized carbons (Fsp3) is 0.583. The van der Waals surface area contributed by atoms with Gasteiger partial charge in [0.2, 0.25) is 0 Å². The van der Waals surface area contributed by atoms with E-state index in [1.54, 1.807) is 11.3 Å². The highest BCUT2D eigenvalue weighted by Crippen LogP contribution is 2.50. The molecule has 0 spiro atoms. The van der Waals surface area contributed by atoms with Gasteiger partial charge < -0.3 is 18.9 Å². The molecule has 0 N–H and O–H groups in total. The van der Waals surface area contributed by atoms with Gasteiger partial charge in [-0.2, -0.15) is 0 Å². The second-order valence-corrected chi connectivity index (χ2v) is 10.9. The van der Waals surface area contributed by atoms with E-state index in [9.17, 15) is 0 Å². The quantitative estimate of drug-likeness (QED) is 0.523. The van der Waals surface area contributed by atoms with Crippen molar-refractivity contribution >= 4 is 28.7 Å². The van der Waals surface area contributed by atoms with E-state index in [1.165, 1.54) is 58.0 Å². The monoisotopic (exact) mass is 446 g/mol. The molecule has 0 unspecified atom stereocenters. The van der Waals surface area contributed by atoms with Crippen molar-refractivity contribution in [3.8, 4) is 23.0 Å². The van der Waals surface area contributed by atoms with Crippen molar-refractivity contribution in [3.05, 3.63) is 25.6 Å². The Morgan fingerprint density at radius 2 is 1.27 bits per heavy atom. The van der Waals surface area contributed by atoms with Crippen LogP contribution >= 0.6 is 22.7 Å². The Labute approximate surface area is 186 Å². The number of allylic oxidation sites excluding steroid dienone is 1. The number of hydrogen-bond acceptors (Lipinski definition) is 6. The molecule has 6 heteroatoms. The molecular weight excluding hydrogens is 416 g/mol. The lowest BCUT2D eigenvalue weighted by Crippen LogP contribution is -2.16. The van der Waals surface area contributed by atoms with Gasteiger partial charge in [0.25, 0.3) is 0 Å². The summed E-state index contributed by atoms with van der Waals surface area (Å²) in [7, 11) is 0. The van der Waals surface area contributed by atoms with Crippen LogP contribution < -0.4 is 18.9 Å². The maximum Gasteiger partial charge on any atom is 0.179 e. The molecular formula is C24H30O4S2. The molecule has 0 bridgehead atoms. The minimum atomic E-state index is 0.613. The molecule has 1 fully saturated rings. The van der Waals surface area contributed by atoms with Gasteiger partial charge in [0.15, 0.2) is 23.0 Å². The Hall–Kier alpha value is -1.66. The SMILES string of the molecule is Cc1sc(/C=C/C2CCCC(c3sc(C)c4c3OCCO4)CCC2)c2c1OCCO2. The van der Waals surface area contributed by atoms with Gasteiger partial charge in [-0.1, -0.05) is 18.9 Å². The van der Waals surface area contributed by atoms with Gasteiger partial charge in [0, 0.05) is 9.75 Å². The third kappa shape index (κ3) is 3.96. The zero-order chi connectivity index (χ0) is 20.5. The van der Waals surface area contributed by atoms with Crippen LogP contribution in [-0.2, 0) is 0 Å². The van der Waals surface area contributed by atoms with Gasteiger partial charge in [-0.15, -0.1) is 22.7 Å². The van der Waals surface area contributed by atoms with E-state index in [-0.39, 0.29) is 0 Å². The van der Waals surface area contributed by atoms with Crippen LogP contribution in [0.2, 0.25) is 0 Å². The van der Waals surface area contributed by atoms with Crippen molar-refractivity contribution in [2.24, 2.45) is 5.92 Å². The Bertz CT molecular complexity index is 916. The Morgan fingerprint density at radius 1 is 0.700 bits per heavy atom. The number of fused-ring (bicyclic) bond motifs is 2. The minimum Gasteiger partial charge on any atom is -0.485 e. The summed E-state index contributed by atoms with van der Waals surface area (Å²) in [6.07, 6.45) is 12.2. The molecule has 3 aliphatic rings. The van der Waals surface area contributed by atoms with Gasteiger partial charge >= 0.3 is 0 Å². The lowest BCUT2D eigenvalue weighted by Gasteiger charge is -2.24. The molecule has 4 heterocycles. The van der Waals surface area contributed by atoms with E-state index >= 15 is 0 Å². The molecule has 2 aromatic rings. The van der Waals surface area contributed by atoms with Crippen LogP contribution in [0.5, 0.6) is 23.0 Å². The Balaban J connectivity index is 1.23. The van der Waals surface area contributed by atoms with Crippen molar-refractivity contribution in [1.29, 1.82) is 0 Å². The molecule has 30 heavy (non-hydrogen) atoms. The van der Waals surface area contributed by atoms with Crippen LogP contribution in [0.15, 0.2) is 6.08 Å². The normalized spacial score (nSPS) is 23.9. The molecule has 5 rings (SSSR count). The fourth-order valence-electron chi connectivity index (χ4n) is 4.84. The number of ether oxygens (including phenoxy) is 4. The first-order valence-corrected chi connectivity index (χ1v) is 12.8. The number of thiophene rings is 2. The molecule has 0 amide bonds. The number of hydrogen-bond donors (Lipinski definition) is 0.